The van der Waals surface area contributed by atoms with Gasteiger partial charge in [0.05, 0.1) is 0 Å². The van der Waals surface area contributed by atoms with E-state index in [-0.39, 0.29) is 0 Å². The third-order valence-corrected chi connectivity index (χ3v) is 3.48. The zero-order valence-corrected chi connectivity index (χ0v) is 11.2. The first kappa shape index (κ1) is 13.0. The molecule has 1 saturated heterocycles. The number of nitrogens with one attached hydrogen (secondary N) is 1. The second kappa shape index (κ2) is 7.08. The first-order valence-electron chi connectivity index (χ1n) is 6.83. The van der Waals surface area contributed by atoms with E-state index in [1.807, 2.05) is 6.92 Å². The van der Waals surface area contributed by atoms with E-state index in [0.29, 0.717) is 6.04 Å². The number of benzene rings is 1. The second-order valence-electron chi connectivity index (χ2n) is 4.73. The van der Waals surface area contributed by atoms with E-state index in [1.54, 1.807) is 0 Å². The lowest BCUT2D eigenvalue weighted by atomic mass is 10.0. The summed E-state index contributed by atoms with van der Waals surface area (Å²) in [7, 11) is 0. The van der Waals surface area contributed by atoms with Crippen LogP contribution in [0.4, 0.5) is 5.69 Å². The van der Waals surface area contributed by atoms with Gasteiger partial charge in [-0.25, -0.2) is 0 Å². The lowest BCUT2D eigenvalue weighted by Gasteiger charge is -2.34. The van der Waals surface area contributed by atoms with E-state index in [2.05, 4.69) is 52.4 Å². The van der Waals surface area contributed by atoms with Gasteiger partial charge in [-0.05, 0) is 31.9 Å². The van der Waals surface area contributed by atoms with Crippen molar-refractivity contribution < 1.29 is 0 Å². The second-order valence-corrected chi connectivity index (χ2v) is 4.73. The predicted molar refractivity (Wildman–Crippen MR) is 77.7 cm³/mol. The molecule has 0 bridgehead atoms. The highest BCUT2D eigenvalue weighted by Gasteiger charge is 2.18. The van der Waals surface area contributed by atoms with Crippen molar-refractivity contribution in [3.8, 4) is 11.8 Å². The molecule has 2 rings (SSSR count). The molecular weight excluding hydrogens is 220 g/mol. The molecular formula is C16H22N2. The Bertz CT molecular complexity index is 394. The first-order valence-corrected chi connectivity index (χ1v) is 6.83. The summed E-state index contributed by atoms with van der Waals surface area (Å²) < 4.78 is 0. The molecule has 0 spiro atoms. The maximum atomic E-state index is 3.60. The largest absolute Gasteiger partial charge is 0.371 e. The number of para-hydroxylation sites is 1. The minimum absolute atomic E-state index is 0.670. The molecule has 0 radical (unpaired) electrons. The van der Waals surface area contributed by atoms with E-state index in [0.717, 1.165) is 26.1 Å². The lowest BCUT2D eigenvalue weighted by molar-refractivity contribution is 0.419. The minimum Gasteiger partial charge on any atom is -0.371 e. The van der Waals surface area contributed by atoms with Crippen molar-refractivity contribution >= 4 is 5.69 Å². The first-order chi connectivity index (χ1) is 8.90. The molecule has 0 atom stereocenters. The number of piperidine rings is 1. The van der Waals surface area contributed by atoms with Gasteiger partial charge in [-0.3, -0.25) is 0 Å². The molecule has 1 heterocycles. The monoisotopic (exact) mass is 242 g/mol. The maximum Gasteiger partial charge on any atom is 0.0366 e. The molecule has 1 N–H and O–H groups in total. The van der Waals surface area contributed by atoms with Gasteiger partial charge in [-0.15, -0.1) is 11.8 Å². The Kier molecular flexibility index (Phi) is 5.11. The van der Waals surface area contributed by atoms with Gasteiger partial charge in [0.15, 0.2) is 0 Å². The van der Waals surface area contributed by atoms with Crippen LogP contribution in [-0.2, 0) is 0 Å². The van der Waals surface area contributed by atoms with Crippen LogP contribution in [0, 0.1) is 11.8 Å². The standard InChI is InChI=1S/C16H22N2/c1-2-3-7-12-17-15-10-13-18(14-11-15)16-8-5-4-6-9-16/h4-6,8-9,15,17H,7,10-14H2,1H3. The van der Waals surface area contributed by atoms with Crippen LogP contribution >= 0.6 is 0 Å². The summed E-state index contributed by atoms with van der Waals surface area (Å²) in [5.74, 6) is 6.04. The number of anilines is 1. The fraction of sp³-hybridized carbons (Fsp3) is 0.500. The predicted octanol–water partition coefficient (Wildman–Crippen LogP) is 2.66. The molecule has 1 aliphatic rings. The minimum atomic E-state index is 0.670. The van der Waals surface area contributed by atoms with Gasteiger partial charge in [0, 0.05) is 37.8 Å². The Morgan fingerprint density at radius 3 is 2.61 bits per heavy atom. The number of rotatable bonds is 4. The summed E-state index contributed by atoms with van der Waals surface area (Å²) in [6, 6.07) is 11.4. The van der Waals surface area contributed by atoms with Crippen molar-refractivity contribution in [3.63, 3.8) is 0 Å². The van der Waals surface area contributed by atoms with Crippen molar-refractivity contribution in [1.29, 1.82) is 0 Å². The van der Waals surface area contributed by atoms with Crippen molar-refractivity contribution in [3.05, 3.63) is 30.3 Å². The normalized spacial score (nSPS) is 16.2. The summed E-state index contributed by atoms with van der Waals surface area (Å²) in [6.07, 6.45) is 3.43. The van der Waals surface area contributed by atoms with Crippen LogP contribution in [-0.4, -0.2) is 25.7 Å². The molecule has 0 amide bonds. The van der Waals surface area contributed by atoms with E-state index in [1.165, 1.54) is 18.5 Å². The highest BCUT2D eigenvalue weighted by molar-refractivity contribution is 5.46. The highest BCUT2D eigenvalue weighted by atomic mass is 15.1. The van der Waals surface area contributed by atoms with Crippen LogP contribution in [0.5, 0.6) is 0 Å². The highest BCUT2D eigenvalue weighted by Crippen LogP contribution is 2.19. The summed E-state index contributed by atoms with van der Waals surface area (Å²) in [5.41, 5.74) is 1.35. The molecule has 0 unspecified atom stereocenters. The van der Waals surface area contributed by atoms with Gasteiger partial charge in [0.1, 0.15) is 0 Å². The van der Waals surface area contributed by atoms with Crippen LogP contribution < -0.4 is 10.2 Å². The molecule has 0 aliphatic carbocycles. The van der Waals surface area contributed by atoms with Crippen molar-refractivity contribution in [2.24, 2.45) is 0 Å². The molecule has 18 heavy (non-hydrogen) atoms. The van der Waals surface area contributed by atoms with Gasteiger partial charge in [-0.2, -0.15) is 0 Å². The summed E-state index contributed by atoms with van der Waals surface area (Å²) in [5, 5.41) is 3.60. The topological polar surface area (TPSA) is 15.3 Å². The molecule has 0 saturated carbocycles. The number of nitrogens with zero attached hydrogens (tertiary/aromatic N) is 1. The van der Waals surface area contributed by atoms with Gasteiger partial charge in [-0.1, -0.05) is 18.2 Å². The van der Waals surface area contributed by atoms with Crippen molar-refractivity contribution in [2.75, 3.05) is 24.5 Å². The van der Waals surface area contributed by atoms with E-state index >= 15 is 0 Å². The maximum absolute atomic E-state index is 3.60. The Hall–Kier alpha value is -1.46. The third kappa shape index (κ3) is 3.78. The molecule has 0 aromatic heterocycles. The molecule has 2 heteroatoms. The zero-order valence-electron chi connectivity index (χ0n) is 11.2. The van der Waals surface area contributed by atoms with Gasteiger partial charge in [0.2, 0.25) is 0 Å². The summed E-state index contributed by atoms with van der Waals surface area (Å²) in [6.45, 7) is 5.23. The van der Waals surface area contributed by atoms with Crippen LogP contribution in [0.15, 0.2) is 30.3 Å². The quantitative estimate of drug-likeness (QED) is 0.645. The fourth-order valence-electron chi connectivity index (χ4n) is 2.44. The lowest BCUT2D eigenvalue weighted by Crippen LogP contribution is -2.42. The average molecular weight is 242 g/mol. The zero-order chi connectivity index (χ0) is 12.6. The molecule has 1 aromatic carbocycles. The van der Waals surface area contributed by atoms with Crippen molar-refractivity contribution in [2.45, 2.75) is 32.2 Å². The van der Waals surface area contributed by atoms with Gasteiger partial charge < -0.3 is 10.2 Å². The van der Waals surface area contributed by atoms with Crippen LogP contribution in [0.2, 0.25) is 0 Å². The molecule has 1 fully saturated rings. The number of hydrogen-bond donors (Lipinski definition) is 1. The average Bonchev–Trinajstić information content (AvgIpc) is 2.45. The van der Waals surface area contributed by atoms with Crippen LogP contribution in [0.3, 0.4) is 0 Å². The summed E-state index contributed by atoms with van der Waals surface area (Å²) >= 11 is 0. The van der Waals surface area contributed by atoms with Gasteiger partial charge in [0.25, 0.3) is 0 Å². The Balaban J connectivity index is 1.72. The van der Waals surface area contributed by atoms with Crippen LogP contribution in [0.25, 0.3) is 0 Å². The number of hydrogen-bond acceptors (Lipinski definition) is 2. The molecule has 1 aromatic rings. The SMILES string of the molecule is CC#CCCNC1CCN(c2ccccc2)CC1. The smallest absolute Gasteiger partial charge is 0.0366 e. The third-order valence-electron chi connectivity index (χ3n) is 3.48. The van der Waals surface area contributed by atoms with Crippen LogP contribution in [0.1, 0.15) is 26.2 Å². The Morgan fingerprint density at radius 1 is 1.22 bits per heavy atom. The Labute approximate surface area is 110 Å². The van der Waals surface area contributed by atoms with E-state index in [9.17, 15) is 0 Å². The molecule has 96 valence electrons. The molecule has 2 nitrogen and oxygen atoms in total. The van der Waals surface area contributed by atoms with E-state index in [4.69, 9.17) is 0 Å². The fourth-order valence-corrected chi connectivity index (χ4v) is 2.44. The van der Waals surface area contributed by atoms with Gasteiger partial charge >= 0.3 is 0 Å². The van der Waals surface area contributed by atoms with E-state index < -0.39 is 0 Å². The molecule has 1 aliphatic heterocycles. The Morgan fingerprint density at radius 2 is 1.94 bits per heavy atom. The summed E-state index contributed by atoms with van der Waals surface area (Å²) in [4.78, 5) is 2.48. The van der Waals surface area contributed by atoms with Crippen molar-refractivity contribution in [1.82, 2.24) is 5.32 Å².